The van der Waals surface area contributed by atoms with Crippen LogP contribution in [0.5, 0.6) is 0 Å². The molecule has 0 atom stereocenters. The zero-order valence-electron chi connectivity index (χ0n) is 13.2. The second-order valence-electron chi connectivity index (χ2n) is 5.93. The van der Waals surface area contributed by atoms with E-state index in [9.17, 15) is 0 Å². The second-order valence-corrected chi connectivity index (χ2v) is 5.93. The maximum absolute atomic E-state index is 4.96. The summed E-state index contributed by atoms with van der Waals surface area (Å²) >= 11 is 0. The summed E-state index contributed by atoms with van der Waals surface area (Å²) in [5.41, 5.74) is 3.01. The molecule has 0 aliphatic carbocycles. The molecular formula is C18H19N5. The highest BCUT2D eigenvalue weighted by Crippen LogP contribution is 2.29. The number of aromatic nitrogens is 3. The fourth-order valence-electron chi connectivity index (χ4n) is 2.99. The Kier molecular flexibility index (Phi) is 3.63. The molecule has 0 N–H and O–H groups in total. The standard InChI is InChI=1S/C18H19N5/c1-22-9-11-23(12-10-22)18-15-3-2-6-20-17(15)13-16(21-18)14-4-7-19-8-5-14/h2-8,13H,9-12H2,1H3. The van der Waals surface area contributed by atoms with E-state index in [0.717, 1.165) is 54.2 Å². The first-order chi connectivity index (χ1) is 11.3. The molecule has 5 nitrogen and oxygen atoms in total. The van der Waals surface area contributed by atoms with E-state index in [1.807, 2.05) is 24.4 Å². The Morgan fingerprint density at radius 3 is 2.52 bits per heavy atom. The minimum absolute atomic E-state index is 0.951. The van der Waals surface area contributed by atoms with Gasteiger partial charge in [-0.1, -0.05) is 0 Å². The molecule has 3 aromatic heterocycles. The third-order valence-electron chi connectivity index (χ3n) is 4.36. The van der Waals surface area contributed by atoms with Crippen LogP contribution in [-0.2, 0) is 0 Å². The summed E-state index contributed by atoms with van der Waals surface area (Å²) in [6.07, 6.45) is 5.44. The molecule has 0 spiro atoms. The van der Waals surface area contributed by atoms with E-state index in [-0.39, 0.29) is 0 Å². The van der Waals surface area contributed by atoms with Crippen molar-refractivity contribution in [1.29, 1.82) is 0 Å². The second kappa shape index (κ2) is 5.93. The molecule has 0 unspecified atom stereocenters. The van der Waals surface area contributed by atoms with Gasteiger partial charge in [0.15, 0.2) is 0 Å². The lowest BCUT2D eigenvalue weighted by molar-refractivity contribution is 0.312. The van der Waals surface area contributed by atoms with Crippen LogP contribution in [-0.4, -0.2) is 53.1 Å². The summed E-state index contributed by atoms with van der Waals surface area (Å²) in [4.78, 5) is 18.3. The molecule has 23 heavy (non-hydrogen) atoms. The normalized spacial score (nSPS) is 16.0. The van der Waals surface area contributed by atoms with Gasteiger partial charge in [-0.2, -0.15) is 0 Å². The number of piperazine rings is 1. The molecule has 1 aliphatic heterocycles. The molecule has 116 valence electrons. The van der Waals surface area contributed by atoms with Gasteiger partial charge in [0.25, 0.3) is 0 Å². The third kappa shape index (κ3) is 2.75. The highest BCUT2D eigenvalue weighted by molar-refractivity contribution is 5.92. The number of anilines is 1. The van der Waals surface area contributed by atoms with Gasteiger partial charge < -0.3 is 9.80 Å². The molecule has 1 fully saturated rings. The van der Waals surface area contributed by atoms with E-state index in [0.29, 0.717) is 0 Å². The van der Waals surface area contributed by atoms with Crippen LogP contribution in [0.3, 0.4) is 0 Å². The highest BCUT2D eigenvalue weighted by atomic mass is 15.3. The Morgan fingerprint density at radius 1 is 0.957 bits per heavy atom. The SMILES string of the molecule is CN1CCN(c2nc(-c3ccncc3)cc3ncccc23)CC1. The van der Waals surface area contributed by atoms with Crippen molar-refractivity contribution in [2.24, 2.45) is 0 Å². The lowest BCUT2D eigenvalue weighted by atomic mass is 10.1. The van der Waals surface area contributed by atoms with E-state index in [1.54, 1.807) is 12.4 Å². The monoisotopic (exact) mass is 305 g/mol. The first kappa shape index (κ1) is 14.1. The topological polar surface area (TPSA) is 45.2 Å². The molecule has 1 aliphatic rings. The van der Waals surface area contributed by atoms with Crippen molar-refractivity contribution in [2.45, 2.75) is 0 Å². The fraction of sp³-hybridized carbons (Fsp3) is 0.278. The van der Waals surface area contributed by atoms with Crippen molar-refractivity contribution in [2.75, 3.05) is 38.1 Å². The lowest BCUT2D eigenvalue weighted by Crippen LogP contribution is -2.44. The van der Waals surface area contributed by atoms with Gasteiger partial charge in [0, 0.05) is 55.7 Å². The minimum Gasteiger partial charge on any atom is -0.353 e. The minimum atomic E-state index is 0.951. The van der Waals surface area contributed by atoms with Crippen molar-refractivity contribution in [3.8, 4) is 11.3 Å². The van der Waals surface area contributed by atoms with E-state index in [2.05, 4.69) is 38.9 Å². The Balaban J connectivity index is 1.84. The maximum atomic E-state index is 4.96. The Bertz CT molecular complexity index is 810. The Morgan fingerprint density at radius 2 is 1.74 bits per heavy atom. The van der Waals surface area contributed by atoms with Crippen molar-refractivity contribution >= 4 is 16.7 Å². The number of likely N-dealkylation sites (N-methyl/N-ethyl adjacent to an activating group) is 1. The van der Waals surface area contributed by atoms with E-state index >= 15 is 0 Å². The predicted octanol–water partition coefficient (Wildman–Crippen LogP) is 2.44. The largest absolute Gasteiger partial charge is 0.353 e. The van der Waals surface area contributed by atoms with Crippen molar-refractivity contribution in [3.63, 3.8) is 0 Å². The number of rotatable bonds is 2. The predicted molar refractivity (Wildman–Crippen MR) is 92.5 cm³/mol. The summed E-state index contributed by atoms with van der Waals surface area (Å²) < 4.78 is 0. The molecule has 3 aromatic rings. The molecule has 0 aromatic carbocycles. The van der Waals surface area contributed by atoms with Crippen molar-refractivity contribution < 1.29 is 0 Å². The van der Waals surface area contributed by atoms with E-state index in [4.69, 9.17) is 4.98 Å². The van der Waals surface area contributed by atoms with Gasteiger partial charge in [0.1, 0.15) is 5.82 Å². The number of nitrogens with zero attached hydrogens (tertiary/aromatic N) is 5. The van der Waals surface area contributed by atoms with Gasteiger partial charge in [-0.3, -0.25) is 9.97 Å². The van der Waals surface area contributed by atoms with E-state index < -0.39 is 0 Å². The average molecular weight is 305 g/mol. The molecule has 1 saturated heterocycles. The molecule has 0 saturated carbocycles. The third-order valence-corrected chi connectivity index (χ3v) is 4.36. The van der Waals surface area contributed by atoms with Crippen LogP contribution < -0.4 is 4.90 Å². The van der Waals surface area contributed by atoms with Crippen LogP contribution in [0, 0.1) is 0 Å². The van der Waals surface area contributed by atoms with Gasteiger partial charge in [0.05, 0.1) is 11.2 Å². The number of hydrogen-bond donors (Lipinski definition) is 0. The van der Waals surface area contributed by atoms with Crippen LogP contribution in [0.4, 0.5) is 5.82 Å². The summed E-state index contributed by atoms with van der Waals surface area (Å²) in [7, 11) is 2.16. The summed E-state index contributed by atoms with van der Waals surface area (Å²) in [5.74, 6) is 1.04. The van der Waals surface area contributed by atoms with E-state index in [1.165, 1.54) is 0 Å². The molecule has 5 heteroatoms. The van der Waals surface area contributed by atoms with Crippen molar-refractivity contribution in [3.05, 3.63) is 48.9 Å². The quantitative estimate of drug-likeness (QED) is 0.727. The van der Waals surface area contributed by atoms with Gasteiger partial charge in [0.2, 0.25) is 0 Å². The fourth-order valence-corrected chi connectivity index (χ4v) is 2.99. The number of pyridine rings is 3. The first-order valence-corrected chi connectivity index (χ1v) is 7.91. The van der Waals surface area contributed by atoms with Crippen LogP contribution in [0.2, 0.25) is 0 Å². The number of fused-ring (bicyclic) bond motifs is 1. The van der Waals surface area contributed by atoms with Crippen LogP contribution in [0.25, 0.3) is 22.2 Å². The van der Waals surface area contributed by atoms with Gasteiger partial charge in [-0.15, -0.1) is 0 Å². The lowest BCUT2D eigenvalue weighted by Gasteiger charge is -2.34. The van der Waals surface area contributed by atoms with Crippen molar-refractivity contribution in [1.82, 2.24) is 19.9 Å². The Labute approximate surface area is 135 Å². The summed E-state index contributed by atoms with van der Waals surface area (Å²) in [6, 6.07) is 10.1. The Hall–Kier alpha value is -2.53. The summed E-state index contributed by atoms with van der Waals surface area (Å²) in [6.45, 7) is 4.10. The van der Waals surface area contributed by atoms with Crippen LogP contribution in [0.15, 0.2) is 48.9 Å². The smallest absolute Gasteiger partial charge is 0.138 e. The highest BCUT2D eigenvalue weighted by Gasteiger charge is 2.19. The zero-order chi connectivity index (χ0) is 15.6. The van der Waals surface area contributed by atoms with Crippen LogP contribution >= 0.6 is 0 Å². The first-order valence-electron chi connectivity index (χ1n) is 7.91. The molecule has 0 amide bonds. The molecule has 4 rings (SSSR count). The van der Waals surface area contributed by atoms with Crippen LogP contribution in [0.1, 0.15) is 0 Å². The molecule has 0 bridgehead atoms. The molecule has 0 radical (unpaired) electrons. The summed E-state index contributed by atoms with van der Waals surface area (Å²) in [5, 5.41) is 1.12. The molecular weight excluding hydrogens is 286 g/mol. The van der Waals surface area contributed by atoms with Gasteiger partial charge in [-0.05, 0) is 37.4 Å². The van der Waals surface area contributed by atoms with Gasteiger partial charge >= 0.3 is 0 Å². The zero-order valence-corrected chi connectivity index (χ0v) is 13.2. The maximum Gasteiger partial charge on any atom is 0.138 e. The number of hydrogen-bond acceptors (Lipinski definition) is 5. The average Bonchev–Trinajstić information content (AvgIpc) is 2.62. The molecule has 4 heterocycles. The van der Waals surface area contributed by atoms with Gasteiger partial charge in [-0.25, -0.2) is 4.98 Å².